The van der Waals surface area contributed by atoms with E-state index in [9.17, 15) is 10.1 Å². The van der Waals surface area contributed by atoms with Crippen LogP contribution >= 0.6 is 15.9 Å². The minimum absolute atomic E-state index is 0.103. The van der Waals surface area contributed by atoms with Gasteiger partial charge in [-0.15, -0.1) is 0 Å². The van der Waals surface area contributed by atoms with E-state index in [1.54, 1.807) is 12.1 Å². The summed E-state index contributed by atoms with van der Waals surface area (Å²) in [5.41, 5.74) is 3.17. The molecule has 4 heteroatoms. The van der Waals surface area contributed by atoms with E-state index in [1.165, 1.54) is 11.6 Å². The third kappa shape index (κ3) is 3.01. The van der Waals surface area contributed by atoms with Crippen LogP contribution < -0.4 is 0 Å². The van der Waals surface area contributed by atoms with Gasteiger partial charge in [0.1, 0.15) is 0 Å². The van der Waals surface area contributed by atoms with Gasteiger partial charge >= 0.3 is 0 Å². The number of nitro benzene ring substituents is 1. The van der Waals surface area contributed by atoms with Gasteiger partial charge in [0, 0.05) is 22.2 Å². The molecule has 3 nitrogen and oxygen atoms in total. The third-order valence-corrected chi connectivity index (χ3v) is 3.74. The van der Waals surface area contributed by atoms with Crippen molar-refractivity contribution >= 4 is 21.6 Å². The lowest BCUT2D eigenvalue weighted by molar-refractivity contribution is -0.384. The van der Waals surface area contributed by atoms with Crippen LogP contribution in [0.4, 0.5) is 5.69 Å². The van der Waals surface area contributed by atoms with E-state index in [-0.39, 0.29) is 10.6 Å². The summed E-state index contributed by atoms with van der Waals surface area (Å²) in [5.74, 6) is 0.475. The first-order valence-corrected chi connectivity index (χ1v) is 6.82. The van der Waals surface area contributed by atoms with Crippen LogP contribution in [0, 0.1) is 10.1 Å². The number of nitro groups is 1. The summed E-state index contributed by atoms with van der Waals surface area (Å²) in [7, 11) is 0. The van der Waals surface area contributed by atoms with E-state index in [4.69, 9.17) is 0 Å². The zero-order chi connectivity index (χ0) is 14.0. The Labute approximate surface area is 120 Å². The molecule has 0 fully saturated rings. The summed E-state index contributed by atoms with van der Waals surface area (Å²) in [6, 6.07) is 12.9. The van der Waals surface area contributed by atoms with Crippen molar-refractivity contribution in [1.82, 2.24) is 0 Å². The quantitative estimate of drug-likeness (QED) is 0.580. The van der Waals surface area contributed by atoms with Crippen LogP contribution in [0.3, 0.4) is 0 Å². The maximum Gasteiger partial charge on any atom is 0.270 e. The molecule has 0 amide bonds. The predicted octanol–water partition coefficient (Wildman–Crippen LogP) is 5.15. The van der Waals surface area contributed by atoms with Crippen molar-refractivity contribution < 1.29 is 4.92 Å². The molecule has 0 aliphatic rings. The number of non-ortho nitro benzene ring substituents is 1. The molecule has 2 rings (SSSR count). The molecule has 0 saturated heterocycles. The normalized spacial score (nSPS) is 10.7. The maximum absolute atomic E-state index is 10.8. The van der Waals surface area contributed by atoms with Crippen LogP contribution in [0.25, 0.3) is 11.1 Å². The molecule has 0 N–H and O–H groups in total. The maximum atomic E-state index is 10.8. The molecule has 0 spiro atoms. The fraction of sp³-hybridized carbons (Fsp3) is 0.200. The van der Waals surface area contributed by atoms with E-state index in [2.05, 4.69) is 41.9 Å². The summed E-state index contributed by atoms with van der Waals surface area (Å²) in [6.45, 7) is 4.27. The van der Waals surface area contributed by atoms with Gasteiger partial charge in [0.25, 0.3) is 5.69 Å². The van der Waals surface area contributed by atoms with Gasteiger partial charge in [-0.25, -0.2) is 0 Å². The third-order valence-electron chi connectivity index (χ3n) is 3.05. The van der Waals surface area contributed by atoms with Gasteiger partial charge in [-0.05, 0) is 23.1 Å². The fourth-order valence-corrected chi connectivity index (χ4v) is 2.37. The van der Waals surface area contributed by atoms with E-state index in [0.717, 1.165) is 15.6 Å². The first kappa shape index (κ1) is 13.7. The van der Waals surface area contributed by atoms with Crippen LogP contribution in [0.5, 0.6) is 0 Å². The number of hydrogen-bond donors (Lipinski definition) is 0. The van der Waals surface area contributed by atoms with Crippen molar-refractivity contribution in [2.24, 2.45) is 0 Å². The van der Waals surface area contributed by atoms with E-state index in [0.29, 0.717) is 5.92 Å². The van der Waals surface area contributed by atoms with Gasteiger partial charge in [-0.3, -0.25) is 10.1 Å². The lowest BCUT2D eigenvalue weighted by Gasteiger charge is -2.08. The van der Waals surface area contributed by atoms with Gasteiger partial charge in [0.15, 0.2) is 0 Å². The first-order valence-electron chi connectivity index (χ1n) is 6.03. The zero-order valence-electron chi connectivity index (χ0n) is 10.8. The number of nitrogens with zero attached hydrogens (tertiary/aromatic N) is 1. The van der Waals surface area contributed by atoms with Crippen LogP contribution in [-0.4, -0.2) is 4.92 Å². The fourth-order valence-electron chi connectivity index (χ4n) is 1.90. The largest absolute Gasteiger partial charge is 0.270 e. The minimum atomic E-state index is -0.377. The van der Waals surface area contributed by atoms with Crippen molar-refractivity contribution in [2.45, 2.75) is 19.8 Å². The number of hydrogen-bond acceptors (Lipinski definition) is 2. The highest BCUT2D eigenvalue weighted by molar-refractivity contribution is 9.10. The van der Waals surface area contributed by atoms with Gasteiger partial charge < -0.3 is 0 Å². The van der Waals surface area contributed by atoms with E-state index in [1.807, 2.05) is 12.1 Å². The van der Waals surface area contributed by atoms with Gasteiger partial charge in [-0.2, -0.15) is 0 Å². The average Bonchev–Trinajstić information content (AvgIpc) is 2.39. The van der Waals surface area contributed by atoms with Crippen molar-refractivity contribution in [3.8, 4) is 11.1 Å². The number of rotatable bonds is 3. The molecule has 0 radical (unpaired) electrons. The summed E-state index contributed by atoms with van der Waals surface area (Å²) >= 11 is 3.44. The smallest absolute Gasteiger partial charge is 0.258 e. The van der Waals surface area contributed by atoms with Crippen LogP contribution in [0.15, 0.2) is 46.9 Å². The average molecular weight is 320 g/mol. The van der Waals surface area contributed by atoms with Gasteiger partial charge in [0.05, 0.1) is 4.92 Å². The Hall–Kier alpha value is -1.68. The molecule has 2 aromatic carbocycles. The summed E-state index contributed by atoms with van der Waals surface area (Å²) in [6.07, 6.45) is 0. The van der Waals surface area contributed by atoms with Gasteiger partial charge in [-0.1, -0.05) is 54.0 Å². The predicted molar refractivity (Wildman–Crippen MR) is 80.3 cm³/mol. The zero-order valence-corrected chi connectivity index (χ0v) is 12.3. The Morgan fingerprint density at radius 1 is 1.11 bits per heavy atom. The monoisotopic (exact) mass is 319 g/mol. The number of benzene rings is 2. The highest BCUT2D eigenvalue weighted by atomic mass is 79.9. The molecule has 0 aliphatic heterocycles. The van der Waals surface area contributed by atoms with Crippen molar-refractivity contribution in [2.75, 3.05) is 0 Å². The molecule has 0 saturated carbocycles. The van der Waals surface area contributed by atoms with E-state index < -0.39 is 0 Å². The lowest BCUT2D eigenvalue weighted by atomic mass is 9.98. The second kappa shape index (κ2) is 5.53. The SMILES string of the molecule is CC(C)c1ccc(-c2cc([N+](=O)[O-])ccc2Br)cc1. The lowest BCUT2D eigenvalue weighted by Crippen LogP contribution is -1.90. The number of halogens is 1. The minimum Gasteiger partial charge on any atom is -0.258 e. The summed E-state index contributed by atoms with van der Waals surface area (Å²) in [5, 5.41) is 10.8. The van der Waals surface area contributed by atoms with Gasteiger partial charge in [0.2, 0.25) is 0 Å². The molecule has 0 heterocycles. The first-order chi connectivity index (χ1) is 8.99. The van der Waals surface area contributed by atoms with Crippen LogP contribution in [0.2, 0.25) is 0 Å². The highest BCUT2D eigenvalue weighted by Crippen LogP contribution is 2.32. The topological polar surface area (TPSA) is 43.1 Å². The van der Waals surface area contributed by atoms with Crippen molar-refractivity contribution in [3.05, 3.63) is 62.6 Å². The Morgan fingerprint density at radius 3 is 2.26 bits per heavy atom. The molecule has 0 bridgehead atoms. The molecular weight excluding hydrogens is 306 g/mol. The summed E-state index contributed by atoms with van der Waals surface area (Å²) in [4.78, 5) is 10.5. The highest BCUT2D eigenvalue weighted by Gasteiger charge is 2.11. The molecule has 0 aliphatic carbocycles. The Bertz CT molecular complexity index is 606. The second-order valence-electron chi connectivity index (χ2n) is 4.70. The molecule has 0 aromatic heterocycles. The molecule has 0 unspecified atom stereocenters. The van der Waals surface area contributed by atoms with Crippen molar-refractivity contribution in [3.63, 3.8) is 0 Å². The molecular formula is C15H14BrNO2. The Morgan fingerprint density at radius 2 is 1.74 bits per heavy atom. The second-order valence-corrected chi connectivity index (χ2v) is 5.55. The van der Waals surface area contributed by atoms with Crippen LogP contribution in [-0.2, 0) is 0 Å². The molecule has 0 atom stereocenters. The Balaban J connectivity index is 2.46. The summed E-state index contributed by atoms with van der Waals surface area (Å²) < 4.78 is 0.857. The van der Waals surface area contributed by atoms with Crippen molar-refractivity contribution in [1.29, 1.82) is 0 Å². The standard InChI is InChI=1S/C15H14BrNO2/c1-10(2)11-3-5-12(6-4-11)14-9-13(17(18)19)7-8-15(14)16/h3-10H,1-2H3. The van der Waals surface area contributed by atoms with E-state index >= 15 is 0 Å². The molecule has 98 valence electrons. The van der Waals surface area contributed by atoms with Crippen LogP contribution in [0.1, 0.15) is 25.3 Å². The Kier molecular flexibility index (Phi) is 4.00. The molecule has 2 aromatic rings. The molecule has 19 heavy (non-hydrogen) atoms.